The minimum absolute atomic E-state index is 0.0910. The summed E-state index contributed by atoms with van der Waals surface area (Å²) in [4.78, 5) is 14.0. The maximum absolute atomic E-state index is 11.6. The van der Waals surface area contributed by atoms with Crippen LogP contribution in [0.3, 0.4) is 0 Å². The smallest absolute Gasteiger partial charge is 0.159 e. The second-order valence-corrected chi connectivity index (χ2v) is 5.42. The molecule has 1 fully saturated rings. The fourth-order valence-corrected chi connectivity index (χ4v) is 2.71. The molecule has 1 aromatic rings. The zero-order valence-electron chi connectivity index (χ0n) is 13.2. The number of benzene rings is 1. The first-order valence-corrected chi connectivity index (χ1v) is 7.74. The van der Waals surface area contributed by atoms with Crippen molar-refractivity contribution in [3.8, 4) is 5.75 Å². The van der Waals surface area contributed by atoms with E-state index in [1.165, 1.54) is 0 Å². The van der Waals surface area contributed by atoms with Crippen molar-refractivity contribution in [3.63, 3.8) is 0 Å². The fourth-order valence-electron chi connectivity index (χ4n) is 2.71. The van der Waals surface area contributed by atoms with Crippen LogP contribution >= 0.6 is 0 Å². The molecule has 4 nitrogen and oxygen atoms in total. The van der Waals surface area contributed by atoms with Gasteiger partial charge in [0, 0.05) is 30.3 Å². The average molecular weight is 291 g/mol. The number of Topliss-reactive ketones (excluding diaryl/α,β-unsaturated/α-hetero) is 1. The second-order valence-electron chi connectivity index (χ2n) is 5.42. The van der Waals surface area contributed by atoms with Gasteiger partial charge in [-0.25, -0.2) is 0 Å². The van der Waals surface area contributed by atoms with Gasteiger partial charge in [0.1, 0.15) is 5.75 Å². The second kappa shape index (κ2) is 7.57. The van der Waals surface area contributed by atoms with Crippen LogP contribution in [0.4, 0.5) is 0 Å². The molecule has 0 aliphatic carbocycles. The summed E-state index contributed by atoms with van der Waals surface area (Å²) in [6.45, 7) is 9.68. The summed E-state index contributed by atoms with van der Waals surface area (Å²) in [5.41, 5.74) is 1.83. The SMILES string of the molecule is CCOc1ccc(C(C)=O)cc1CN1CCOCC1CC. The molecule has 0 saturated carbocycles. The molecule has 21 heavy (non-hydrogen) atoms. The van der Waals surface area contributed by atoms with Gasteiger partial charge in [-0.05, 0) is 38.5 Å². The van der Waals surface area contributed by atoms with Gasteiger partial charge < -0.3 is 9.47 Å². The molecule has 1 aliphatic heterocycles. The Kier molecular flexibility index (Phi) is 5.76. The molecule has 1 heterocycles. The first-order valence-electron chi connectivity index (χ1n) is 7.74. The van der Waals surface area contributed by atoms with E-state index < -0.39 is 0 Å². The van der Waals surface area contributed by atoms with Crippen LogP contribution in [0.25, 0.3) is 0 Å². The van der Waals surface area contributed by atoms with E-state index >= 15 is 0 Å². The van der Waals surface area contributed by atoms with Crippen LogP contribution < -0.4 is 4.74 Å². The summed E-state index contributed by atoms with van der Waals surface area (Å²) in [5, 5.41) is 0. The monoisotopic (exact) mass is 291 g/mol. The van der Waals surface area contributed by atoms with E-state index in [0.29, 0.717) is 12.6 Å². The van der Waals surface area contributed by atoms with Gasteiger partial charge >= 0.3 is 0 Å². The molecular weight excluding hydrogens is 266 g/mol. The number of nitrogens with zero attached hydrogens (tertiary/aromatic N) is 1. The van der Waals surface area contributed by atoms with Crippen molar-refractivity contribution < 1.29 is 14.3 Å². The van der Waals surface area contributed by atoms with E-state index in [-0.39, 0.29) is 5.78 Å². The maximum Gasteiger partial charge on any atom is 0.159 e. The highest BCUT2D eigenvalue weighted by atomic mass is 16.5. The van der Waals surface area contributed by atoms with Crippen LogP contribution in [0.1, 0.15) is 43.1 Å². The molecule has 116 valence electrons. The Balaban J connectivity index is 2.22. The Hall–Kier alpha value is -1.39. The van der Waals surface area contributed by atoms with E-state index in [9.17, 15) is 4.79 Å². The minimum Gasteiger partial charge on any atom is -0.494 e. The first-order chi connectivity index (χ1) is 10.2. The minimum atomic E-state index is 0.0910. The standard InChI is InChI=1S/C17H25NO3/c1-4-16-12-20-9-8-18(16)11-15-10-14(13(3)19)6-7-17(15)21-5-2/h6-7,10,16H,4-5,8-9,11-12H2,1-3H3. The molecule has 1 atom stereocenters. The van der Waals surface area contributed by atoms with Crippen molar-refractivity contribution in [1.29, 1.82) is 0 Å². The lowest BCUT2D eigenvalue weighted by Gasteiger charge is -2.35. The van der Waals surface area contributed by atoms with Crippen LogP contribution in [0.5, 0.6) is 5.75 Å². The molecule has 0 amide bonds. The number of carbonyl (C=O) groups excluding carboxylic acids is 1. The summed E-state index contributed by atoms with van der Waals surface area (Å²) in [5.74, 6) is 0.970. The lowest BCUT2D eigenvalue weighted by molar-refractivity contribution is -0.0130. The lowest BCUT2D eigenvalue weighted by Crippen LogP contribution is -2.44. The summed E-state index contributed by atoms with van der Waals surface area (Å²) in [6.07, 6.45) is 1.07. The third-order valence-corrected chi connectivity index (χ3v) is 3.96. The first kappa shape index (κ1) is 16.0. The predicted octanol–water partition coefficient (Wildman–Crippen LogP) is 2.90. The largest absolute Gasteiger partial charge is 0.494 e. The van der Waals surface area contributed by atoms with Gasteiger partial charge in [0.2, 0.25) is 0 Å². The van der Waals surface area contributed by atoms with Crippen LogP contribution in [0, 0.1) is 0 Å². The van der Waals surface area contributed by atoms with E-state index in [1.807, 2.05) is 25.1 Å². The molecule has 4 heteroatoms. The predicted molar refractivity (Wildman–Crippen MR) is 82.9 cm³/mol. The van der Waals surface area contributed by atoms with Crippen LogP contribution in [0.15, 0.2) is 18.2 Å². The lowest BCUT2D eigenvalue weighted by atomic mass is 10.0. The highest BCUT2D eigenvalue weighted by Crippen LogP contribution is 2.24. The van der Waals surface area contributed by atoms with E-state index in [2.05, 4.69) is 11.8 Å². The maximum atomic E-state index is 11.6. The van der Waals surface area contributed by atoms with Gasteiger partial charge in [0.25, 0.3) is 0 Å². The van der Waals surface area contributed by atoms with Gasteiger partial charge in [-0.2, -0.15) is 0 Å². The number of morpholine rings is 1. The van der Waals surface area contributed by atoms with E-state index in [1.54, 1.807) is 6.92 Å². The van der Waals surface area contributed by atoms with Crippen LogP contribution in [-0.2, 0) is 11.3 Å². The zero-order valence-corrected chi connectivity index (χ0v) is 13.2. The molecule has 2 rings (SSSR count). The average Bonchev–Trinajstić information content (AvgIpc) is 2.49. The molecule has 0 aromatic heterocycles. The number of ketones is 1. The number of rotatable bonds is 6. The molecule has 1 saturated heterocycles. The molecule has 0 radical (unpaired) electrons. The van der Waals surface area contributed by atoms with E-state index in [4.69, 9.17) is 9.47 Å². The van der Waals surface area contributed by atoms with Gasteiger partial charge in [-0.3, -0.25) is 9.69 Å². The Morgan fingerprint density at radius 2 is 2.24 bits per heavy atom. The van der Waals surface area contributed by atoms with Gasteiger partial charge in [-0.1, -0.05) is 6.92 Å². The summed E-state index contributed by atoms with van der Waals surface area (Å²) in [6, 6.07) is 6.16. The summed E-state index contributed by atoms with van der Waals surface area (Å²) >= 11 is 0. The Bertz CT molecular complexity index is 487. The number of hydrogen-bond donors (Lipinski definition) is 0. The number of hydrogen-bond acceptors (Lipinski definition) is 4. The quantitative estimate of drug-likeness (QED) is 0.755. The molecule has 1 aromatic carbocycles. The molecule has 1 aliphatic rings. The number of carbonyl (C=O) groups is 1. The van der Waals surface area contributed by atoms with Crippen molar-refractivity contribution >= 4 is 5.78 Å². The van der Waals surface area contributed by atoms with Crippen molar-refractivity contribution in [2.24, 2.45) is 0 Å². The molecule has 1 unspecified atom stereocenters. The molecule has 0 bridgehead atoms. The van der Waals surface area contributed by atoms with Crippen molar-refractivity contribution in [1.82, 2.24) is 4.90 Å². The van der Waals surface area contributed by atoms with Gasteiger partial charge in [0.15, 0.2) is 5.78 Å². The Labute approximate surface area is 127 Å². The Morgan fingerprint density at radius 3 is 2.90 bits per heavy atom. The zero-order chi connectivity index (χ0) is 15.2. The van der Waals surface area contributed by atoms with Gasteiger partial charge in [-0.15, -0.1) is 0 Å². The van der Waals surface area contributed by atoms with Crippen LogP contribution in [-0.4, -0.2) is 43.1 Å². The summed E-state index contributed by atoms with van der Waals surface area (Å²) < 4.78 is 11.3. The highest BCUT2D eigenvalue weighted by molar-refractivity contribution is 5.94. The Morgan fingerprint density at radius 1 is 1.43 bits per heavy atom. The fraction of sp³-hybridized carbons (Fsp3) is 0.588. The van der Waals surface area contributed by atoms with Gasteiger partial charge in [0.05, 0.1) is 19.8 Å². The summed E-state index contributed by atoms with van der Waals surface area (Å²) in [7, 11) is 0. The topological polar surface area (TPSA) is 38.8 Å². The number of ether oxygens (including phenoxy) is 2. The highest BCUT2D eigenvalue weighted by Gasteiger charge is 2.22. The third-order valence-electron chi connectivity index (χ3n) is 3.96. The molecule has 0 N–H and O–H groups in total. The third kappa shape index (κ3) is 4.05. The van der Waals surface area contributed by atoms with Crippen LogP contribution in [0.2, 0.25) is 0 Å². The molecular formula is C17H25NO3. The van der Waals surface area contributed by atoms with Crippen molar-refractivity contribution in [2.45, 2.75) is 39.8 Å². The van der Waals surface area contributed by atoms with Crippen molar-refractivity contribution in [2.75, 3.05) is 26.4 Å². The van der Waals surface area contributed by atoms with Crippen molar-refractivity contribution in [3.05, 3.63) is 29.3 Å². The molecule has 0 spiro atoms. The van der Waals surface area contributed by atoms with E-state index in [0.717, 1.165) is 49.6 Å². The normalized spacial score (nSPS) is 19.5.